The van der Waals surface area contributed by atoms with E-state index >= 15 is 0 Å². The number of anilines is 1. The smallest absolute Gasteiger partial charge is 0.166 e. The summed E-state index contributed by atoms with van der Waals surface area (Å²) in [5.41, 5.74) is 2.64. The Morgan fingerprint density at radius 1 is 1.29 bits per heavy atom. The Hall–Kier alpha value is -1.23. The van der Waals surface area contributed by atoms with E-state index in [1.165, 1.54) is 12.3 Å². The van der Waals surface area contributed by atoms with Gasteiger partial charge < -0.3 is 4.42 Å². The van der Waals surface area contributed by atoms with Crippen molar-refractivity contribution >= 4 is 46.8 Å². The molecule has 1 N–H and O–H groups in total. The molecule has 88 valence electrons. The van der Waals surface area contributed by atoms with Crippen molar-refractivity contribution in [1.29, 1.82) is 0 Å². The van der Waals surface area contributed by atoms with Crippen LogP contribution in [0.2, 0.25) is 15.2 Å². The molecule has 7 heteroatoms. The van der Waals surface area contributed by atoms with Crippen LogP contribution in [0.25, 0.3) is 0 Å². The monoisotopic (exact) mass is 289 g/mol. The number of rotatable bonds is 3. The molecule has 4 nitrogen and oxygen atoms in total. The van der Waals surface area contributed by atoms with Gasteiger partial charge in [0.1, 0.15) is 10.9 Å². The van der Waals surface area contributed by atoms with Crippen LogP contribution < -0.4 is 5.43 Å². The highest BCUT2D eigenvalue weighted by molar-refractivity contribution is 6.42. The Morgan fingerprint density at radius 2 is 2.12 bits per heavy atom. The van der Waals surface area contributed by atoms with Crippen LogP contribution in [0.3, 0.4) is 0 Å². The highest BCUT2D eigenvalue weighted by atomic mass is 35.5. The van der Waals surface area contributed by atoms with Crippen LogP contribution in [0.4, 0.5) is 5.82 Å². The second kappa shape index (κ2) is 5.40. The molecule has 0 radical (unpaired) electrons. The van der Waals surface area contributed by atoms with Crippen LogP contribution in [0.5, 0.6) is 0 Å². The number of aromatic nitrogens is 1. The van der Waals surface area contributed by atoms with Crippen LogP contribution in [0.15, 0.2) is 34.0 Å². The van der Waals surface area contributed by atoms with E-state index in [2.05, 4.69) is 15.5 Å². The van der Waals surface area contributed by atoms with E-state index < -0.39 is 0 Å². The van der Waals surface area contributed by atoms with Gasteiger partial charge in [0.25, 0.3) is 0 Å². The number of furan rings is 1. The van der Waals surface area contributed by atoms with Crippen molar-refractivity contribution in [2.45, 2.75) is 0 Å². The zero-order valence-corrected chi connectivity index (χ0v) is 10.6. The molecule has 2 heterocycles. The maximum absolute atomic E-state index is 5.90. The first-order valence-corrected chi connectivity index (χ1v) is 5.64. The number of hydrogen-bond donors (Lipinski definition) is 1. The minimum atomic E-state index is 0.159. The second-order valence-electron chi connectivity index (χ2n) is 2.98. The first-order chi connectivity index (χ1) is 8.16. The third-order valence-corrected chi connectivity index (χ3v) is 2.75. The lowest BCUT2D eigenvalue weighted by molar-refractivity contribution is 0.560. The lowest BCUT2D eigenvalue weighted by Crippen LogP contribution is -1.94. The molecule has 17 heavy (non-hydrogen) atoms. The minimum Gasteiger partial charge on any atom is -0.463 e. The van der Waals surface area contributed by atoms with Gasteiger partial charge in [0.15, 0.2) is 5.82 Å². The van der Waals surface area contributed by atoms with E-state index in [9.17, 15) is 0 Å². The molecular formula is C10H6Cl3N3O. The number of nitrogens with zero attached hydrogens (tertiary/aromatic N) is 2. The van der Waals surface area contributed by atoms with Gasteiger partial charge in [-0.25, -0.2) is 4.98 Å². The molecule has 2 aromatic heterocycles. The Bertz CT molecular complexity index is 540. The average Bonchev–Trinajstić information content (AvgIpc) is 2.78. The van der Waals surface area contributed by atoms with Gasteiger partial charge in [0.2, 0.25) is 0 Å². The average molecular weight is 291 g/mol. The van der Waals surface area contributed by atoms with Gasteiger partial charge in [-0.2, -0.15) is 5.10 Å². The summed E-state index contributed by atoms with van der Waals surface area (Å²) in [6, 6.07) is 5.00. The minimum absolute atomic E-state index is 0.159. The molecule has 0 aliphatic heterocycles. The summed E-state index contributed by atoms with van der Waals surface area (Å²) < 4.78 is 5.05. The quantitative estimate of drug-likeness (QED) is 0.526. The zero-order valence-electron chi connectivity index (χ0n) is 8.32. The molecular weight excluding hydrogens is 284 g/mol. The number of hydrazone groups is 1. The van der Waals surface area contributed by atoms with E-state index in [-0.39, 0.29) is 10.2 Å². The maximum Gasteiger partial charge on any atom is 0.166 e. The van der Waals surface area contributed by atoms with Crippen LogP contribution in [-0.2, 0) is 0 Å². The molecule has 0 aliphatic carbocycles. The highest BCUT2D eigenvalue weighted by Crippen LogP contribution is 2.28. The molecule has 0 saturated heterocycles. The highest BCUT2D eigenvalue weighted by Gasteiger charge is 2.06. The van der Waals surface area contributed by atoms with Crippen molar-refractivity contribution in [2.75, 3.05) is 5.43 Å². The number of pyridine rings is 1. The van der Waals surface area contributed by atoms with Gasteiger partial charge in [-0.3, -0.25) is 5.43 Å². The lowest BCUT2D eigenvalue weighted by Gasteiger charge is -2.03. The normalized spacial score (nSPS) is 11.0. The van der Waals surface area contributed by atoms with Crippen LogP contribution in [-0.4, -0.2) is 11.2 Å². The van der Waals surface area contributed by atoms with Gasteiger partial charge >= 0.3 is 0 Å². The Balaban J connectivity index is 2.11. The lowest BCUT2D eigenvalue weighted by atomic mass is 10.4. The van der Waals surface area contributed by atoms with Crippen molar-refractivity contribution in [3.05, 3.63) is 45.4 Å². The molecule has 2 aromatic rings. The van der Waals surface area contributed by atoms with Gasteiger partial charge in [-0.1, -0.05) is 34.8 Å². The molecule has 0 amide bonds. The summed E-state index contributed by atoms with van der Waals surface area (Å²) in [7, 11) is 0. The molecule has 0 spiro atoms. The number of nitrogens with one attached hydrogen (secondary N) is 1. The second-order valence-corrected chi connectivity index (χ2v) is 4.15. The molecule has 2 rings (SSSR count). The van der Waals surface area contributed by atoms with E-state index in [0.29, 0.717) is 16.6 Å². The summed E-state index contributed by atoms with van der Waals surface area (Å²) in [6.45, 7) is 0. The molecule has 0 aromatic carbocycles. The van der Waals surface area contributed by atoms with Crippen molar-refractivity contribution in [3.63, 3.8) is 0 Å². The van der Waals surface area contributed by atoms with Gasteiger partial charge in [0.05, 0.1) is 22.5 Å². The van der Waals surface area contributed by atoms with E-state index in [1.54, 1.807) is 18.4 Å². The largest absolute Gasteiger partial charge is 0.463 e. The van der Waals surface area contributed by atoms with Crippen LogP contribution in [0.1, 0.15) is 5.76 Å². The number of hydrogen-bond acceptors (Lipinski definition) is 4. The maximum atomic E-state index is 5.90. The SMILES string of the molecule is Clc1cc(Cl)c(N/N=C\c2ccco2)nc1Cl. The molecule has 0 atom stereocenters. The Kier molecular flexibility index (Phi) is 3.89. The van der Waals surface area contributed by atoms with E-state index in [1.807, 2.05) is 0 Å². The Morgan fingerprint density at radius 3 is 2.82 bits per heavy atom. The predicted molar refractivity (Wildman–Crippen MR) is 69.2 cm³/mol. The Labute approximate surface area is 112 Å². The molecule has 0 aliphatic rings. The van der Waals surface area contributed by atoms with Gasteiger partial charge in [-0.05, 0) is 18.2 Å². The predicted octanol–water partition coefficient (Wildman–Crippen LogP) is 4.08. The van der Waals surface area contributed by atoms with Crippen molar-refractivity contribution < 1.29 is 4.42 Å². The van der Waals surface area contributed by atoms with Gasteiger partial charge in [-0.15, -0.1) is 0 Å². The van der Waals surface area contributed by atoms with Crippen molar-refractivity contribution in [3.8, 4) is 0 Å². The number of halogens is 3. The van der Waals surface area contributed by atoms with Crippen molar-refractivity contribution in [2.24, 2.45) is 5.10 Å². The summed E-state index contributed by atoms with van der Waals surface area (Å²) in [6.07, 6.45) is 3.03. The molecule has 0 unspecified atom stereocenters. The fourth-order valence-corrected chi connectivity index (χ4v) is 1.58. The summed E-state index contributed by atoms with van der Waals surface area (Å²) in [4.78, 5) is 3.94. The van der Waals surface area contributed by atoms with Crippen molar-refractivity contribution in [1.82, 2.24) is 4.98 Å². The van der Waals surface area contributed by atoms with Crippen LogP contribution in [0, 0.1) is 0 Å². The molecule has 0 bridgehead atoms. The van der Waals surface area contributed by atoms with Crippen LogP contribution >= 0.6 is 34.8 Å². The van der Waals surface area contributed by atoms with Gasteiger partial charge in [0, 0.05) is 0 Å². The molecule has 0 saturated carbocycles. The van der Waals surface area contributed by atoms with E-state index in [4.69, 9.17) is 39.2 Å². The summed E-state index contributed by atoms with van der Waals surface area (Å²) >= 11 is 17.4. The fourth-order valence-electron chi connectivity index (χ4n) is 1.04. The first kappa shape index (κ1) is 12.2. The molecule has 0 fully saturated rings. The third kappa shape index (κ3) is 3.12. The summed E-state index contributed by atoms with van der Waals surface area (Å²) in [5.74, 6) is 0.928. The van der Waals surface area contributed by atoms with E-state index in [0.717, 1.165) is 0 Å². The first-order valence-electron chi connectivity index (χ1n) is 4.51. The zero-order chi connectivity index (χ0) is 12.3. The topological polar surface area (TPSA) is 50.4 Å². The summed E-state index contributed by atoms with van der Waals surface area (Å²) in [5, 5.41) is 4.68. The fraction of sp³-hybridized carbons (Fsp3) is 0. The standard InChI is InChI=1S/C10H6Cl3N3O/c11-7-4-8(12)10(15-9(7)13)16-14-5-6-2-1-3-17-6/h1-5H,(H,15,16)/b14-5-. The third-order valence-electron chi connectivity index (χ3n) is 1.79.